The van der Waals surface area contributed by atoms with E-state index in [1.54, 1.807) is 12.1 Å². The summed E-state index contributed by atoms with van der Waals surface area (Å²) in [5, 5.41) is 3.33. The van der Waals surface area contributed by atoms with Gasteiger partial charge < -0.3 is 14.8 Å². The van der Waals surface area contributed by atoms with Crippen molar-refractivity contribution in [3.05, 3.63) is 22.7 Å². The molecule has 1 aromatic carbocycles. The Morgan fingerprint density at radius 2 is 1.96 bits per heavy atom. The average molecular weight is 357 g/mol. The number of nitrogens with one attached hydrogen (secondary N) is 1. The fourth-order valence-corrected chi connectivity index (χ4v) is 2.78. The first-order chi connectivity index (χ1) is 11.5. The first-order valence-electron chi connectivity index (χ1n) is 8.50. The van der Waals surface area contributed by atoms with E-state index < -0.39 is 0 Å². The van der Waals surface area contributed by atoms with Crippen LogP contribution in [-0.4, -0.2) is 50.2 Å². The Morgan fingerprint density at radius 3 is 2.50 bits per heavy atom. The van der Waals surface area contributed by atoms with Crippen molar-refractivity contribution in [2.75, 3.05) is 33.4 Å². The second-order valence-corrected chi connectivity index (χ2v) is 6.03. The molecule has 24 heavy (non-hydrogen) atoms. The quantitative estimate of drug-likeness (QED) is 0.696. The molecule has 0 saturated carbocycles. The predicted molar refractivity (Wildman–Crippen MR) is 98.5 cm³/mol. The number of amides is 1. The van der Waals surface area contributed by atoms with Gasteiger partial charge in [-0.15, -0.1) is 0 Å². The van der Waals surface area contributed by atoms with Gasteiger partial charge in [0.2, 0.25) is 0 Å². The number of methoxy groups -OCH3 is 1. The zero-order valence-corrected chi connectivity index (χ0v) is 16.1. The molecule has 0 aliphatic heterocycles. The van der Waals surface area contributed by atoms with Gasteiger partial charge in [-0.05, 0) is 38.6 Å². The zero-order valence-electron chi connectivity index (χ0n) is 15.3. The lowest BCUT2D eigenvalue weighted by Gasteiger charge is -2.26. The van der Waals surface area contributed by atoms with Gasteiger partial charge in [-0.1, -0.05) is 32.4 Å². The summed E-state index contributed by atoms with van der Waals surface area (Å²) in [5.41, 5.74) is 0.465. The molecule has 1 unspecified atom stereocenters. The summed E-state index contributed by atoms with van der Waals surface area (Å²) in [6, 6.07) is 3.55. The second-order valence-electron chi connectivity index (χ2n) is 5.62. The molecule has 0 aromatic heterocycles. The molecule has 0 bridgehead atoms. The van der Waals surface area contributed by atoms with Crippen LogP contribution in [0.15, 0.2) is 12.1 Å². The first-order valence-corrected chi connectivity index (χ1v) is 8.88. The molecule has 1 N–H and O–H groups in total. The number of likely N-dealkylation sites (N-methyl/N-ethyl adjacent to an activating group) is 1. The third-order valence-electron chi connectivity index (χ3n) is 3.94. The van der Waals surface area contributed by atoms with E-state index in [2.05, 4.69) is 31.0 Å². The average Bonchev–Trinajstić information content (AvgIpc) is 2.58. The summed E-state index contributed by atoms with van der Waals surface area (Å²) in [7, 11) is 1.54. The third-order valence-corrected chi connectivity index (χ3v) is 4.22. The van der Waals surface area contributed by atoms with Gasteiger partial charge in [-0.25, -0.2) is 0 Å². The van der Waals surface area contributed by atoms with Crippen LogP contribution in [0, 0.1) is 0 Å². The second kappa shape index (κ2) is 10.4. The minimum atomic E-state index is -0.170. The van der Waals surface area contributed by atoms with Crippen LogP contribution in [0.4, 0.5) is 0 Å². The lowest BCUT2D eigenvalue weighted by Crippen LogP contribution is -2.42. The van der Waals surface area contributed by atoms with Gasteiger partial charge in [0, 0.05) is 18.2 Å². The standard InChI is InChI=1S/C18H29ClN2O3/c1-6-9-24-17-15(19)10-14(11-16(17)23-5)18(22)20-12-13(4)21(7-2)8-3/h10-11,13H,6-9,12H2,1-5H3,(H,20,22). The highest BCUT2D eigenvalue weighted by Crippen LogP contribution is 2.36. The topological polar surface area (TPSA) is 50.8 Å². The number of nitrogens with zero attached hydrogens (tertiary/aromatic N) is 1. The fraction of sp³-hybridized carbons (Fsp3) is 0.611. The molecule has 0 saturated heterocycles. The summed E-state index contributed by atoms with van der Waals surface area (Å²) in [6.45, 7) is 11.4. The predicted octanol–water partition coefficient (Wildman–Crippen LogP) is 3.60. The number of carbonyl (C=O) groups is 1. The number of ether oxygens (including phenoxy) is 2. The lowest BCUT2D eigenvalue weighted by atomic mass is 10.1. The number of hydrogen-bond acceptors (Lipinski definition) is 4. The van der Waals surface area contributed by atoms with Crippen LogP contribution in [0.5, 0.6) is 11.5 Å². The molecule has 0 spiro atoms. The number of rotatable bonds is 10. The molecule has 1 atom stereocenters. The molecule has 0 heterocycles. The summed E-state index contributed by atoms with van der Waals surface area (Å²) in [6.07, 6.45) is 0.866. The van der Waals surface area contributed by atoms with Crippen molar-refractivity contribution in [3.63, 3.8) is 0 Å². The molecule has 1 aromatic rings. The Hall–Kier alpha value is -1.46. The van der Waals surface area contributed by atoms with Crippen LogP contribution in [0.2, 0.25) is 5.02 Å². The largest absolute Gasteiger partial charge is 0.493 e. The molecule has 0 radical (unpaired) electrons. The van der Waals surface area contributed by atoms with Crippen molar-refractivity contribution in [1.82, 2.24) is 10.2 Å². The van der Waals surface area contributed by atoms with E-state index in [4.69, 9.17) is 21.1 Å². The first kappa shape index (κ1) is 20.6. The maximum Gasteiger partial charge on any atom is 0.251 e. The van der Waals surface area contributed by atoms with Gasteiger partial charge in [-0.3, -0.25) is 9.69 Å². The summed E-state index contributed by atoms with van der Waals surface area (Å²) in [5.74, 6) is 0.781. The molecule has 6 heteroatoms. The highest BCUT2D eigenvalue weighted by Gasteiger charge is 2.17. The van der Waals surface area contributed by atoms with E-state index in [1.807, 2.05) is 6.92 Å². The smallest absolute Gasteiger partial charge is 0.251 e. The van der Waals surface area contributed by atoms with Crippen LogP contribution in [0.1, 0.15) is 44.5 Å². The molecular weight excluding hydrogens is 328 g/mol. The van der Waals surface area contributed by atoms with Crippen LogP contribution in [0.3, 0.4) is 0 Å². The van der Waals surface area contributed by atoms with Crippen molar-refractivity contribution < 1.29 is 14.3 Å². The van der Waals surface area contributed by atoms with Gasteiger partial charge in [0.1, 0.15) is 0 Å². The molecule has 0 aliphatic carbocycles. The van der Waals surface area contributed by atoms with E-state index in [0.29, 0.717) is 35.2 Å². The Labute approximate surface area is 150 Å². The van der Waals surface area contributed by atoms with E-state index in [1.165, 1.54) is 7.11 Å². The Kier molecular flexibility index (Phi) is 8.93. The van der Waals surface area contributed by atoms with Crippen molar-refractivity contribution in [2.24, 2.45) is 0 Å². The van der Waals surface area contributed by atoms with Crippen LogP contribution in [0.25, 0.3) is 0 Å². The molecule has 1 rings (SSSR count). The van der Waals surface area contributed by atoms with Gasteiger partial charge in [0.05, 0.1) is 18.7 Å². The normalized spacial score (nSPS) is 12.1. The fourth-order valence-electron chi connectivity index (χ4n) is 2.51. The van der Waals surface area contributed by atoms with Gasteiger partial charge in [0.15, 0.2) is 11.5 Å². The lowest BCUT2D eigenvalue weighted by molar-refractivity contribution is 0.0937. The number of hydrogen-bond donors (Lipinski definition) is 1. The Morgan fingerprint density at radius 1 is 1.29 bits per heavy atom. The minimum Gasteiger partial charge on any atom is -0.493 e. The van der Waals surface area contributed by atoms with E-state index in [-0.39, 0.29) is 11.9 Å². The molecule has 5 nitrogen and oxygen atoms in total. The number of carbonyl (C=O) groups excluding carboxylic acids is 1. The van der Waals surface area contributed by atoms with E-state index in [9.17, 15) is 4.79 Å². The van der Waals surface area contributed by atoms with Gasteiger partial charge in [0.25, 0.3) is 5.91 Å². The molecule has 0 fully saturated rings. The maximum absolute atomic E-state index is 12.4. The molecule has 0 aliphatic rings. The van der Waals surface area contributed by atoms with Crippen LogP contribution < -0.4 is 14.8 Å². The van der Waals surface area contributed by atoms with Crippen LogP contribution >= 0.6 is 11.6 Å². The Bertz CT molecular complexity index is 533. The zero-order chi connectivity index (χ0) is 18.1. The van der Waals surface area contributed by atoms with Crippen molar-refractivity contribution in [3.8, 4) is 11.5 Å². The minimum absolute atomic E-state index is 0.170. The van der Waals surface area contributed by atoms with E-state index in [0.717, 1.165) is 19.5 Å². The molecule has 136 valence electrons. The monoisotopic (exact) mass is 356 g/mol. The highest BCUT2D eigenvalue weighted by molar-refractivity contribution is 6.32. The maximum atomic E-state index is 12.4. The van der Waals surface area contributed by atoms with Gasteiger partial charge >= 0.3 is 0 Å². The van der Waals surface area contributed by atoms with E-state index >= 15 is 0 Å². The Balaban J connectivity index is 2.82. The van der Waals surface area contributed by atoms with Crippen molar-refractivity contribution >= 4 is 17.5 Å². The molecule has 1 amide bonds. The summed E-state index contributed by atoms with van der Waals surface area (Å²) < 4.78 is 10.9. The molecular formula is C18H29ClN2O3. The number of benzene rings is 1. The number of halogens is 1. The van der Waals surface area contributed by atoms with Crippen molar-refractivity contribution in [1.29, 1.82) is 0 Å². The highest BCUT2D eigenvalue weighted by atomic mass is 35.5. The summed E-state index contributed by atoms with van der Waals surface area (Å²) >= 11 is 6.26. The summed E-state index contributed by atoms with van der Waals surface area (Å²) in [4.78, 5) is 14.7. The van der Waals surface area contributed by atoms with Crippen LogP contribution in [-0.2, 0) is 0 Å². The van der Waals surface area contributed by atoms with Crippen molar-refractivity contribution in [2.45, 2.75) is 40.2 Å². The third kappa shape index (κ3) is 5.56. The SMILES string of the molecule is CCCOc1c(Cl)cc(C(=O)NCC(C)N(CC)CC)cc1OC. The van der Waals surface area contributed by atoms with Gasteiger partial charge in [-0.2, -0.15) is 0 Å².